The van der Waals surface area contributed by atoms with Crippen LogP contribution in [0.3, 0.4) is 0 Å². The fourth-order valence-corrected chi connectivity index (χ4v) is 2.48. The number of anilines is 1. The molecule has 4 nitrogen and oxygen atoms in total. The van der Waals surface area contributed by atoms with E-state index in [1.165, 1.54) is 16.7 Å². The Labute approximate surface area is 124 Å². The van der Waals surface area contributed by atoms with Gasteiger partial charge in [0.15, 0.2) is 0 Å². The van der Waals surface area contributed by atoms with Gasteiger partial charge in [0.1, 0.15) is 0 Å². The smallest absolute Gasteiger partial charge is 0.0892 e. The molecule has 0 aliphatic heterocycles. The fourth-order valence-electron chi connectivity index (χ4n) is 2.48. The molecule has 0 bridgehead atoms. The van der Waals surface area contributed by atoms with Gasteiger partial charge in [0.25, 0.3) is 0 Å². The Morgan fingerprint density at radius 3 is 2.52 bits per heavy atom. The molecule has 0 amide bonds. The zero-order valence-electron chi connectivity index (χ0n) is 12.2. The molecule has 0 atom stereocenters. The molecule has 0 aliphatic rings. The molecule has 0 fully saturated rings. The van der Waals surface area contributed by atoms with Gasteiger partial charge in [0.05, 0.1) is 18.4 Å². The van der Waals surface area contributed by atoms with Crippen molar-refractivity contribution in [2.24, 2.45) is 0 Å². The number of hydrogen-bond donors (Lipinski definition) is 1. The van der Waals surface area contributed by atoms with Crippen molar-refractivity contribution in [3.8, 4) is 11.3 Å². The highest BCUT2D eigenvalue weighted by Crippen LogP contribution is 2.24. The van der Waals surface area contributed by atoms with E-state index in [0.29, 0.717) is 6.54 Å². The standard InChI is InChI=1S/C17H18N4/c1-12-3-8-16(13(2)9-12)17-10-19-20-21(17)11-14-4-6-15(18)7-5-14/h3-10H,11,18H2,1-2H3. The van der Waals surface area contributed by atoms with E-state index in [4.69, 9.17) is 5.73 Å². The Balaban J connectivity index is 1.95. The maximum atomic E-state index is 5.72. The van der Waals surface area contributed by atoms with Crippen molar-refractivity contribution in [2.45, 2.75) is 20.4 Å². The Bertz CT molecular complexity index is 757. The lowest BCUT2D eigenvalue weighted by atomic mass is 10.0. The SMILES string of the molecule is Cc1ccc(-c2cnnn2Cc2ccc(N)cc2)c(C)c1. The van der Waals surface area contributed by atoms with Crippen LogP contribution in [0.4, 0.5) is 5.69 Å². The molecule has 0 aliphatic carbocycles. The molecule has 2 N–H and O–H groups in total. The molecule has 0 unspecified atom stereocenters. The van der Waals surface area contributed by atoms with Crippen LogP contribution < -0.4 is 5.73 Å². The van der Waals surface area contributed by atoms with E-state index in [0.717, 1.165) is 16.9 Å². The number of aryl methyl sites for hydroxylation is 2. The zero-order valence-corrected chi connectivity index (χ0v) is 12.2. The molecule has 21 heavy (non-hydrogen) atoms. The van der Waals surface area contributed by atoms with E-state index in [1.54, 1.807) is 0 Å². The van der Waals surface area contributed by atoms with Crippen molar-refractivity contribution in [1.82, 2.24) is 15.0 Å². The van der Waals surface area contributed by atoms with Crippen LogP contribution in [0.15, 0.2) is 48.7 Å². The van der Waals surface area contributed by atoms with Crippen LogP contribution in [-0.2, 0) is 6.54 Å². The second-order valence-electron chi connectivity index (χ2n) is 5.34. The fraction of sp³-hybridized carbons (Fsp3) is 0.176. The molecule has 4 heteroatoms. The maximum Gasteiger partial charge on any atom is 0.0892 e. The second kappa shape index (κ2) is 5.40. The van der Waals surface area contributed by atoms with Gasteiger partial charge in [-0.15, -0.1) is 5.10 Å². The van der Waals surface area contributed by atoms with E-state index < -0.39 is 0 Å². The van der Waals surface area contributed by atoms with Crippen LogP contribution in [0.1, 0.15) is 16.7 Å². The summed E-state index contributed by atoms with van der Waals surface area (Å²) in [5.74, 6) is 0. The minimum absolute atomic E-state index is 0.683. The van der Waals surface area contributed by atoms with Crippen LogP contribution in [0.25, 0.3) is 11.3 Å². The molecule has 2 aromatic carbocycles. The number of nitrogens with two attached hydrogens (primary N) is 1. The molecular weight excluding hydrogens is 260 g/mol. The van der Waals surface area contributed by atoms with Crippen LogP contribution in [0, 0.1) is 13.8 Å². The quantitative estimate of drug-likeness (QED) is 0.748. The van der Waals surface area contributed by atoms with Crippen molar-refractivity contribution >= 4 is 5.69 Å². The van der Waals surface area contributed by atoms with Gasteiger partial charge in [0, 0.05) is 11.3 Å². The Morgan fingerprint density at radius 1 is 1.05 bits per heavy atom. The predicted octanol–water partition coefficient (Wildman–Crippen LogP) is 3.19. The third-order valence-electron chi connectivity index (χ3n) is 3.59. The van der Waals surface area contributed by atoms with Gasteiger partial charge in [-0.1, -0.05) is 41.1 Å². The first-order valence-electron chi connectivity index (χ1n) is 6.94. The van der Waals surface area contributed by atoms with E-state index in [-0.39, 0.29) is 0 Å². The number of nitrogens with zero attached hydrogens (tertiary/aromatic N) is 3. The van der Waals surface area contributed by atoms with Crippen LogP contribution >= 0.6 is 0 Å². The first-order valence-corrected chi connectivity index (χ1v) is 6.94. The number of rotatable bonds is 3. The summed E-state index contributed by atoms with van der Waals surface area (Å²) in [4.78, 5) is 0. The number of hydrogen-bond acceptors (Lipinski definition) is 3. The van der Waals surface area contributed by atoms with Gasteiger partial charge in [-0.2, -0.15) is 0 Å². The van der Waals surface area contributed by atoms with Crippen molar-refractivity contribution in [3.05, 3.63) is 65.4 Å². The lowest BCUT2D eigenvalue weighted by Crippen LogP contribution is -2.04. The summed E-state index contributed by atoms with van der Waals surface area (Å²) in [5, 5.41) is 8.27. The lowest BCUT2D eigenvalue weighted by Gasteiger charge is -2.10. The molecule has 0 spiro atoms. The highest BCUT2D eigenvalue weighted by atomic mass is 15.4. The number of benzene rings is 2. The average molecular weight is 278 g/mol. The number of nitrogen functional groups attached to an aromatic ring is 1. The third kappa shape index (κ3) is 2.79. The minimum atomic E-state index is 0.683. The van der Waals surface area contributed by atoms with Gasteiger partial charge in [-0.05, 0) is 37.1 Å². The maximum absolute atomic E-state index is 5.72. The average Bonchev–Trinajstić information content (AvgIpc) is 2.89. The van der Waals surface area contributed by atoms with E-state index in [1.807, 2.05) is 35.1 Å². The summed E-state index contributed by atoms with van der Waals surface area (Å²) in [6, 6.07) is 14.3. The van der Waals surface area contributed by atoms with Crippen molar-refractivity contribution < 1.29 is 0 Å². The highest BCUT2D eigenvalue weighted by molar-refractivity contribution is 5.63. The van der Waals surface area contributed by atoms with Crippen LogP contribution in [0.2, 0.25) is 0 Å². The molecule has 0 radical (unpaired) electrons. The monoisotopic (exact) mass is 278 g/mol. The van der Waals surface area contributed by atoms with Gasteiger partial charge >= 0.3 is 0 Å². The molecule has 106 valence electrons. The van der Waals surface area contributed by atoms with Gasteiger partial charge in [-0.25, -0.2) is 4.68 Å². The van der Waals surface area contributed by atoms with Gasteiger partial charge in [-0.3, -0.25) is 0 Å². The van der Waals surface area contributed by atoms with Gasteiger partial charge in [0.2, 0.25) is 0 Å². The topological polar surface area (TPSA) is 56.7 Å². The van der Waals surface area contributed by atoms with E-state index in [9.17, 15) is 0 Å². The summed E-state index contributed by atoms with van der Waals surface area (Å²) in [6.07, 6.45) is 1.81. The first-order chi connectivity index (χ1) is 10.1. The summed E-state index contributed by atoms with van der Waals surface area (Å²) in [7, 11) is 0. The predicted molar refractivity (Wildman–Crippen MR) is 84.9 cm³/mol. The normalized spacial score (nSPS) is 10.8. The highest BCUT2D eigenvalue weighted by Gasteiger charge is 2.09. The molecular formula is C17H18N4. The molecule has 3 rings (SSSR count). The molecule has 3 aromatic rings. The van der Waals surface area contributed by atoms with Gasteiger partial charge < -0.3 is 5.73 Å². The van der Waals surface area contributed by atoms with Crippen LogP contribution in [0.5, 0.6) is 0 Å². The summed E-state index contributed by atoms with van der Waals surface area (Å²) < 4.78 is 1.92. The summed E-state index contributed by atoms with van der Waals surface area (Å²) in [6.45, 7) is 4.90. The molecule has 1 heterocycles. The minimum Gasteiger partial charge on any atom is -0.399 e. The van der Waals surface area contributed by atoms with E-state index >= 15 is 0 Å². The first kappa shape index (κ1) is 13.4. The Morgan fingerprint density at radius 2 is 1.81 bits per heavy atom. The Hall–Kier alpha value is -2.62. The van der Waals surface area contributed by atoms with Crippen LogP contribution in [-0.4, -0.2) is 15.0 Å². The molecule has 1 aromatic heterocycles. The molecule has 0 saturated heterocycles. The van der Waals surface area contributed by atoms with E-state index in [2.05, 4.69) is 42.4 Å². The summed E-state index contributed by atoms with van der Waals surface area (Å²) in [5.41, 5.74) is 12.3. The number of aromatic nitrogens is 3. The van der Waals surface area contributed by atoms with Crippen molar-refractivity contribution in [3.63, 3.8) is 0 Å². The van der Waals surface area contributed by atoms with Crippen molar-refractivity contribution in [1.29, 1.82) is 0 Å². The molecule has 0 saturated carbocycles. The lowest BCUT2D eigenvalue weighted by molar-refractivity contribution is 0.655. The van der Waals surface area contributed by atoms with Crippen molar-refractivity contribution in [2.75, 3.05) is 5.73 Å². The largest absolute Gasteiger partial charge is 0.399 e. The second-order valence-corrected chi connectivity index (χ2v) is 5.34. The zero-order chi connectivity index (χ0) is 14.8. The third-order valence-corrected chi connectivity index (χ3v) is 3.59. The summed E-state index contributed by atoms with van der Waals surface area (Å²) >= 11 is 0. The Kier molecular flexibility index (Phi) is 3.44.